The zero-order valence-corrected chi connectivity index (χ0v) is 11.5. The molecule has 18 heavy (non-hydrogen) atoms. The van der Waals surface area contributed by atoms with Crippen molar-refractivity contribution in [3.63, 3.8) is 0 Å². The van der Waals surface area contributed by atoms with Gasteiger partial charge in [-0.15, -0.1) is 0 Å². The van der Waals surface area contributed by atoms with E-state index in [1.165, 1.54) is 11.8 Å². The summed E-state index contributed by atoms with van der Waals surface area (Å²) in [4.78, 5) is 13.0. The summed E-state index contributed by atoms with van der Waals surface area (Å²) in [7, 11) is 1.88. The molecule has 5 nitrogen and oxygen atoms in total. The Hall–Kier alpha value is -1.40. The lowest BCUT2D eigenvalue weighted by atomic mass is 10.3. The number of aryl methyl sites for hydroxylation is 2. The van der Waals surface area contributed by atoms with E-state index in [-0.39, 0.29) is 6.61 Å². The van der Waals surface area contributed by atoms with Crippen LogP contribution < -0.4 is 0 Å². The number of hydrogen-bond acceptors (Lipinski definition) is 5. The summed E-state index contributed by atoms with van der Waals surface area (Å²) < 4.78 is 1.87. The van der Waals surface area contributed by atoms with E-state index in [1.54, 1.807) is 6.20 Å². The Labute approximate surface area is 110 Å². The van der Waals surface area contributed by atoms with Crippen molar-refractivity contribution in [2.24, 2.45) is 7.05 Å². The molecule has 0 bridgehead atoms. The quantitative estimate of drug-likeness (QED) is 0.852. The molecule has 0 radical (unpaired) electrons. The van der Waals surface area contributed by atoms with E-state index in [0.29, 0.717) is 0 Å². The predicted octanol–water partition coefficient (Wildman–Crippen LogP) is 1.72. The third-order valence-electron chi connectivity index (χ3n) is 2.63. The number of rotatable bonds is 4. The second kappa shape index (κ2) is 5.49. The molecule has 0 atom stereocenters. The monoisotopic (exact) mass is 264 g/mol. The van der Waals surface area contributed by atoms with Gasteiger partial charge in [0.1, 0.15) is 10.9 Å². The van der Waals surface area contributed by atoms with Crippen LogP contribution in [-0.2, 0) is 20.1 Å². The molecule has 2 heterocycles. The van der Waals surface area contributed by atoms with E-state index >= 15 is 0 Å². The number of nitrogens with zero attached hydrogens (tertiary/aromatic N) is 4. The molecule has 0 aliphatic rings. The second-order valence-electron chi connectivity index (χ2n) is 3.95. The lowest BCUT2D eigenvalue weighted by Crippen LogP contribution is -1.99. The predicted molar refractivity (Wildman–Crippen MR) is 69.4 cm³/mol. The summed E-state index contributed by atoms with van der Waals surface area (Å²) >= 11 is 1.48. The molecule has 96 valence electrons. The Morgan fingerprint density at radius 1 is 1.39 bits per heavy atom. The molecule has 2 aromatic rings. The Morgan fingerprint density at radius 3 is 2.78 bits per heavy atom. The van der Waals surface area contributed by atoms with Gasteiger partial charge in [0.25, 0.3) is 0 Å². The van der Waals surface area contributed by atoms with Gasteiger partial charge in [-0.05, 0) is 31.2 Å². The van der Waals surface area contributed by atoms with Gasteiger partial charge in [0.15, 0.2) is 5.16 Å². The third kappa shape index (κ3) is 2.70. The minimum Gasteiger partial charge on any atom is -0.390 e. The van der Waals surface area contributed by atoms with E-state index in [0.717, 1.165) is 33.8 Å². The van der Waals surface area contributed by atoms with Crippen molar-refractivity contribution >= 4 is 11.8 Å². The molecular weight excluding hydrogens is 248 g/mol. The van der Waals surface area contributed by atoms with Gasteiger partial charge in [-0.2, -0.15) is 0 Å². The van der Waals surface area contributed by atoms with Gasteiger partial charge in [0.2, 0.25) is 0 Å². The smallest absolute Gasteiger partial charge is 0.174 e. The lowest BCUT2D eigenvalue weighted by molar-refractivity contribution is 0.271. The molecule has 6 heteroatoms. The fourth-order valence-electron chi connectivity index (χ4n) is 1.59. The van der Waals surface area contributed by atoms with Crippen molar-refractivity contribution in [3.8, 4) is 0 Å². The van der Waals surface area contributed by atoms with Crippen molar-refractivity contribution < 1.29 is 5.11 Å². The van der Waals surface area contributed by atoms with Crippen LogP contribution in [0.1, 0.15) is 24.1 Å². The summed E-state index contributed by atoms with van der Waals surface area (Å²) in [6, 6.07) is 1.98. The average molecular weight is 264 g/mol. The Balaban J connectivity index is 2.27. The fraction of sp³-hybridized carbons (Fsp3) is 0.417. The normalized spacial score (nSPS) is 10.9. The molecule has 0 unspecified atom stereocenters. The molecule has 0 saturated carbocycles. The highest BCUT2D eigenvalue weighted by Crippen LogP contribution is 2.25. The number of aliphatic hydroxyl groups is 1. The topological polar surface area (TPSA) is 63.8 Å². The Bertz CT molecular complexity index is 553. The summed E-state index contributed by atoms with van der Waals surface area (Å²) in [5.74, 6) is 0.772. The van der Waals surface area contributed by atoms with Crippen molar-refractivity contribution in [2.75, 3.05) is 0 Å². The summed E-state index contributed by atoms with van der Waals surface area (Å²) in [5, 5.41) is 10.8. The third-order valence-corrected chi connectivity index (χ3v) is 3.61. The van der Waals surface area contributed by atoms with E-state index in [9.17, 15) is 0 Å². The molecule has 1 N–H and O–H groups in total. The van der Waals surface area contributed by atoms with Crippen LogP contribution in [0, 0.1) is 6.92 Å². The van der Waals surface area contributed by atoms with Crippen LogP contribution in [-0.4, -0.2) is 24.6 Å². The van der Waals surface area contributed by atoms with E-state index in [2.05, 4.69) is 21.9 Å². The number of aromatic nitrogens is 4. The van der Waals surface area contributed by atoms with Crippen LogP contribution in [0.2, 0.25) is 0 Å². The fourth-order valence-corrected chi connectivity index (χ4v) is 2.51. The van der Waals surface area contributed by atoms with Gasteiger partial charge < -0.3 is 9.67 Å². The zero-order chi connectivity index (χ0) is 13.1. The Kier molecular flexibility index (Phi) is 3.98. The van der Waals surface area contributed by atoms with Crippen molar-refractivity contribution in [3.05, 3.63) is 29.5 Å². The number of hydrogen-bond donors (Lipinski definition) is 1. The van der Waals surface area contributed by atoms with Gasteiger partial charge in [-0.3, -0.25) is 0 Å². The van der Waals surface area contributed by atoms with Gasteiger partial charge in [0, 0.05) is 12.7 Å². The van der Waals surface area contributed by atoms with E-state index in [1.807, 2.05) is 24.6 Å². The van der Waals surface area contributed by atoms with Crippen molar-refractivity contribution in [2.45, 2.75) is 37.1 Å². The highest BCUT2D eigenvalue weighted by atomic mass is 32.2. The first-order valence-corrected chi connectivity index (χ1v) is 6.59. The number of imidazole rings is 1. The Morgan fingerprint density at radius 2 is 2.17 bits per heavy atom. The van der Waals surface area contributed by atoms with Crippen LogP contribution in [0.25, 0.3) is 0 Å². The largest absolute Gasteiger partial charge is 0.390 e. The highest BCUT2D eigenvalue weighted by Gasteiger charge is 2.09. The van der Waals surface area contributed by atoms with Gasteiger partial charge >= 0.3 is 0 Å². The standard InChI is InChI=1S/C12H16N4OS/c1-4-9-5-11(15-8(2)14-9)18-12-13-6-10(7-17)16(12)3/h5-6,17H,4,7H2,1-3H3. The zero-order valence-electron chi connectivity index (χ0n) is 10.7. The molecule has 0 saturated heterocycles. The van der Waals surface area contributed by atoms with Gasteiger partial charge in [-0.1, -0.05) is 6.92 Å². The van der Waals surface area contributed by atoms with Gasteiger partial charge in [-0.25, -0.2) is 15.0 Å². The SMILES string of the molecule is CCc1cc(Sc2ncc(CO)n2C)nc(C)n1. The summed E-state index contributed by atoms with van der Waals surface area (Å²) in [5.41, 5.74) is 1.82. The molecule has 0 aliphatic heterocycles. The molecule has 0 aliphatic carbocycles. The maximum atomic E-state index is 9.13. The molecule has 2 aromatic heterocycles. The average Bonchev–Trinajstić information content (AvgIpc) is 2.70. The van der Waals surface area contributed by atoms with Crippen LogP contribution in [0.15, 0.2) is 22.4 Å². The van der Waals surface area contributed by atoms with Crippen LogP contribution in [0.3, 0.4) is 0 Å². The minimum absolute atomic E-state index is 0.00687. The molecule has 0 aromatic carbocycles. The summed E-state index contributed by atoms with van der Waals surface area (Å²) in [6.45, 7) is 3.95. The van der Waals surface area contributed by atoms with Crippen LogP contribution in [0.4, 0.5) is 0 Å². The van der Waals surface area contributed by atoms with Crippen molar-refractivity contribution in [1.29, 1.82) is 0 Å². The lowest BCUT2D eigenvalue weighted by Gasteiger charge is -2.05. The van der Waals surface area contributed by atoms with Crippen LogP contribution in [0.5, 0.6) is 0 Å². The highest BCUT2D eigenvalue weighted by molar-refractivity contribution is 7.99. The molecule has 0 spiro atoms. The molecule has 2 rings (SSSR count). The maximum absolute atomic E-state index is 9.13. The van der Waals surface area contributed by atoms with Crippen molar-refractivity contribution in [1.82, 2.24) is 19.5 Å². The summed E-state index contributed by atoms with van der Waals surface area (Å²) in [6.07, 6.45) is 2.57. The molecule has 0 amide bonds. The van der Waals surface area contributed by atoms with Crippen LogP contribution >= 0.6 is 11.8 Å². The molecular formula is C12H16N4OS. The first-order chi connectivity index (χ1) is 8.63. The first kappa shape index (κ1) is 13.0. The maximum Gasteiger partial charge on any atom is 0.174 e. The first-order valence-electron chi connectivity index (χ1n) is 5.78. The van der Waals surface area contributed by atoms with Gasteiger partial charge in [0.05, 0.1) is 18.5 Å². The second-order valence-corrected chi connectivity index (χ2v) is 4.94. The van der Waals surface area contributed by atoms with E-state index < -0.39 is 0 Å². The van der Waals surface area contributed by atoms with E-state index in [4.69, 9.17) is 5.11 Å². The number of aliphatic hydroxyl groups excluding tert-OH is 1. The molecule has 0 fully saturated rings. The minimum atomic E-state index is -0.00687.